The van der Waals surface area contributed by atoms with Gasteiger partial charge in [-0.3, -0.25) is 9.59 Å². The summed E-state index contributed by atoms with van der Waals surface area (Å²) in [5, 5.41) is 9.37. The second-order valence-corrected chi connectivity index (χ2v) is 18.8. The average Bonchev–Trinajstić information content (AvgIpc) is 3.17. The molecule has 0 rings (SSSR count). The number of nitrogens with zero attached hydrogens (tertiary/aromatic N) is 1. The fraction of sp³-hybridized carbons (Fsp3) is 0.960. The number of carbonyl (C=O) groups excluding carboxylic acids is 2. The molecule has 0 heterocycles. The van der Waals surface area contributed by atoms with Gasteiger partial charge < -0.3 is 19.5 Å². The molecular weight excluding hydrogens is 695 g/mol. The SMILES string of the molecule is CCCCCCCCCCCCOC(=O)C(C)(C)CCCN(CCCCO)CCCCCCC(C)(C)C(=O)OC(CCCCCCCC)CCCCCCCC. The molecule has 0 aliphatic rings. The van der Waals surface area contributed by atoms with E-state index in [4.69, 9.17) is 9.47 Å². The van der Waals surface area contributed by atoms with E-state index >= 15 is 0 Å². The van der Waals surface area contributed by atoms with Gasteiger partial charge in [0.1, 0.15) is 6.10 Å². The first-order valence-electron chi connectivity index (χ1n) is 24.8. The fourth-order valence-electron chi connectivity index (χ4n) is 7.81. The van der Waals surface area contributed by atoms with E-state index in [0.29, 0.717) is 6.61 Å². The topological polar surface area (TPSA) is 76.1 Å². The zero-order valence-electron chi connectivity index (χ0n) is 39.0. The third-order valence-electron chi connectivity index (χ3n) is 12.1. The van der Waals surface area contributed by atoms with Gasteiger partial charge in [0.15, 0.2) is 0 Å². The van der Waals surface area contributed by atoms with E-state index in [-0.39, 0.29) is 24.6 Å². The van der Waals surface area contributed by atoms with E-state index in [1.807, 2.05) is 13.8 Å². The molecule has 0 saturated heterocycles. The molecule has 0 aliphatic carbocycles. The molecule has 0 radical (unpaired) electrons. The molecule has 6 nitrogen and oxygen atoms in total. The first kappa shape index (κ1) is 54.9. The molecule has 334 valence electrons. The molecule has 0 bridgehead atoms. The van der Waals surface area contributed by atoms with Gasteiger partial charge >= 0.3 is 11.9 Å². The third-order valence-corrected chi connectivity index (χ3v) is 12.1. The van der Waals surface area contributed by atoms with Crippen LogP contribution in [0.2, 0.25) is 0 Å². The summed E-state index contributed by atoms with van der Waals surface area (Å²) in [5.41, 5.74) is -0.913. The molecule has 56 heavy (non-hydrogen) atoms. The van der Waals surface area contributed by atoms with Gasteiger partial charge in [0.25, 0.3) is 0 Å². The van der Waals surface area contributed by atoms with Crippen LogP contribution in [0, 0.1) is 10.8 Å². The second kappa shape index (κ2) is 38.1. The lowest BCUT2D eigenvalue weighted by Gasteiger charge is -2.27. The van der Waals surface area contributed by atoms with Gasteiger partial charge in [-0.15, -0.1) is 0 Å². The van der Waals surface area contributed by atoms with E-state index in [2.05, 4.69) is 39.5 Å². The monoisotopic (exact) mass is 794 g/mol. The number of rotatable bonds is 43. The summed E-state index contributed by atoms with van der Waals surface area (Å²) in [7, 11) is 0. The molecule has 0 fully saturated rings. The van der Waals surface area contributed by atoms with Crippen molar-refractivity contribution < 1.29 is 24.2 Å². The van der Waals surface area contributed by atoms with Crippen molar-refractivity contribution >= 4 is 11.9 Å². The molecule has 0 unspecified atom stereocenters. The zero-order chi connectivity index (χ0) is 41.6. The lowest BCUT2D eigenvalue weighted by atomic mass is 9.86. The van der Waals surface area contributed by atoms with Gasteiger partial charge in [0.05, 0.1) is 17.4 Å². The van der Waals surface area contributed by atoms with E-state index in [1.54, 1.807) is 0 Å². The highest BCUT2D eigenvalue weighted by atomic mass is 16.5. The minimum atomic E-state index is -0.467. The number of carbonyl (C=O) groups is 2. The highest BCUT2D eigenvalue weighted by Gasteiger charge is 2.31. The molecule has 0 spiro atoms. The highest BCUT2D eigenvalue weighted by Crippen LogP contribution is 2.29. The van der Waals surface area contributed by atoms with Crippen LogP contribution in [0.25, 0.3) is 0 Å². The van der Waals surface area contributed by atoms with Crippen molar-refractivity contribution in [3.05, 3.63) is 0 Å². The van der Waals surface area contributed by atoms with Crippen molar-refractivity contribution in [3.63, 3.8) is 0 Å². The summed E-state index contributed by atoms with van der Waals surface area (Å²) < 4.78 is 12.0. The second-order valence-electron chi connectivity index (χ2n) is 18.8. The summed E-state index contributed by atoms with van der Waals surface area (Å²) in [4.78, 5) is 28.9. The maximum atomic E-state index is 13.4. The first-order chi connectivity index (χ1) is 27.0. The average molecular weight is 794 g/mol. The Morgan fingerprint density at radius 3 is 1.34 bits per heavy atom. The molecule has 0 aromatic rings. The van der Waals surface area contributed by atoms with Gasteiger partial charge in [-0.25, -0.2) is 0 Å². The molecule has 0 aliphatic heterocycles. The molecule has 1 N–H and O–H groups in total. The van der Waals surface area contributed by atoms with Crippen LogP contribution in [-0.2, 0) is 19.1 Å². The molecule has 0 amide bonds. The Morgan fingerprint density at radius 2 is 0.839 bits per heavy atom. The minimum absolute atomic E-state index is 0.000123. The van der Waals surface area contributed by atoms with Crippen LogP contribution in [0.3, 0.4) is 0 Å². The highest BCUT2D eigenvalue weighted by molar-refractivity contribution is 5.76. The van der Waals surface area contributed by atoms with Gasteiger partial charge in [0.2, 0.25) is 0 Å². The number of aliphatic hydroxyl groups is 1. The van der Waals surface area contributed by atoms with E-state index in [9.17, 15) is 14.7 Å². The first-order valence-corrected chi connectivity index (χ1v) is 24.8. The van der Waals surface area contributed by atoms with E-state index < -0.39 is 10.8 Å². The van der Waals surface area contributed by atoms with Crippen LogP contribution in [0.5, 0.6) is 0 Å². The number of hydrogen-bond acceptors (Lipinski definition) is 6. The van der Waals surface area contributed by atoms with Crippen LogP contribution in [0.4, 0.5) is 0 Å². The molecule has 0 atom stereocenters. The maximum Gasteiger partial charge on any atom is 0.311 e. The van der Waals surface area contributed by atoms with E-state index in [1.165, 1.54) is 128 Å². The van der Waals surface area contributed by atoms with Crippen molar-refractivity contribution in [3.8, 4) is 0 Å². The Labute approximate surface area is 350 Å². The Morgan fingerprint density at radius 1 is 0.464 bits per heavy atom. The van der Waals surface area contributed by atoms with Gasteiger partial charge in [-0.1, -0.05) is 162 Å². The maximum absolute atomic E-state index is 13.4. The Balaban J connectivity index is 4.55. The number of unbranched alkanes of at least 4 members (excludes halogenated alkanes) is 23. The summed E-state index contributed by atoms with van der Waals surface area (Å²) in [6.07, 6.45) is 39.1. The number of esters is 2. The number of ether oxygens (including phenoxy) is 2. The summed E-state index contributed by atoms with van der Waals surface area (Å²) in [5.74, 6) is -0.0571. The van der Waals surface area contributed by atoms with Crippen LogP contribution < -0.4 is 0 Å². The van der Waals surface area contributed by atoms with Crippen LogP contribution >= 0.6 is 0 Å². The molecule has 0 aromatic carbocycles. The molecule has 0 aromatic heterocycles. The van der Waals surface area contributed by atoms with Gasteiger partial charge in [0, 0.05) is 6.61 Å². The number of aliphatic hydroxyl groups excluding tert-OH is 1. The molecule has 0 saturated carbocycles. The van der Waals surface area contributed by atoms with Crippen molar-refractivity contribution in [2.24, 2.45) is 10.8 Å². The quantitative estimate of drug-likeness (QED) is 0.0489. The van der Waals surface area contributed by atoms with Crippen molar-refractivity contribution in [2.45, 2.75) is 266 Å². The van der Waals surface area contributed by atoms with Crippen molar-refractivity contribution in [2.75, 3.05) is 32.8 Å². The third kappa shape index (κ3) is 32.8. The summed E-state index contributed by atoms with van der Waals surface area (Å²) in [6.45, 7) is 18.8. The van der Waals surface area contributed by atoms with Crippen LogP contribution in [0.15, 0.2) is 0 Å². The zero-order valence-corrected chi connectivity index (χ0v) is 39.0. The van der Waals surface area contributed by atoms with Gasteiger partial charge in [-0.05, 0) is 118 Å². The fourth-order valence-corrected chi connectivity index (χ4v) is 7.81. The molecular formula is C50H99NO5. The standard InChI is InChI=1S/C50H99NO5/c1-8-11-14-17-20-21-22-23-28-35-45-55-47(53)49(4,5)40-36-43-51(42-33-34-44-52)41-32-27-26-31-39-50(6,7)48(54)56-46(37-29-24-18-15-12-9-2)38-30-25-19-16-13-10-3/h46,52H,8-45H2,1-7H3. The van der Waals surface area contributed by atoms with Gasteiger partial charge in [-0.2, -0.15) is 0 Å². The van der Waals surface area contributed by atoms with Crippen LogP contribution in [0.1, 0.15) is 260 Å². The lowest BCUT2D eigenvalue weighted by Crippen LogP contribution is -2.31. The largest absolute Gasteiger partial charge is 0.465 e. The van der Waals surface area contributed by atoms with Crippen LogP contribution in [-0.4, -0.2) is 60.9 Å². The Bertz CT molecular complexity index is 858. The van der Waals surface area contributed by atoms with Crippen molar-refractivity contribution in [1.82, 2.24) is 4.90 Å². The smallest absolute Gasteiger partial charge is 0.311 e. The van der Waals surface area contributed by atoms with Crippen molar-refractivity contribution in [1.29, 1.82) is 0 Å². The molecule has 6 heteroatoms. The minimum Gasteiger partial charge on any atom is -0.465 e. The number of hydrogen-bond donors (Lipinski definition) is 1. The Kier molecular flexibility index (Phi) is 37.3. The summed E-state index contributed by atoms with van der Waals surface area (Å²) in [6, 6.07) is 0. The summed E-state index contributed by atoms with van der Waals surface area (Å²) >= 11 is 0. The predicted octanol–water partition coefficient (Wildman–Crippen LogP) is 14.7. The van der Waals surface area contributed by atoms with E-state index in [0.717, 1.165) is 103 Å². The predicted molar refractivity (Wildman–Crippen MR) is 241 cm³/mol. The Hall–Kier alpha value is -1.14. The normalized spacial score (nSPS) is 12.2. The lowest BCUT2D eigenvalue weighted by molar-refractivity contribution is -0.161.